The molecule has 3 aromatic rings. The second-order valence-electron chi connectivity index (χ2n) is 6.72. The van der Waals surface area contributed by atoms with Crippen molar-refractivity contribution in [2.24, 2.45) is 0 Å². The minimum absolute atomic E-state index is 0.232. The fraction of sp³-hybridized carbons (Fsp3) is 0.300. The van der Waals surface area contributed by atoms with Gasteiger partial charge in [-0.3, -0.25) is 4.79 Å². The number of aromatic amines is 1. The molecular formula is C20H22N6O. The highest BCUT2D eigenvalue weighted by atomic mass is 16.1. The van der Waals surface area contributed by atoms with E-state index >= 15 is 0 Å². The Balaban J connectivity index is 1.51. The number of imidazole rings is 1. The summed E-state index contributed by atoms with van der Waals surface area (Å²) in [5, 5.41) is 10.9. The van der Waals surface area contributed by atoms with Gasteiger partial charge in [-0.25, -0.2) is 4.98 Å². The Morgan fingerprint density at radius 3 is 2.81 bits per heavy atom. The number of rotatable bonds is 5. The second-order valence-corrected chi connectivity index (χ2v) is 6.72. The van der Waals surface area contributed by atoms with Gasteiger partial charge in [-0.1, -0.05) is 30.3 Å². The van der Waals surface area contributed by atoms with Crippen LogP contribution in [0.2, 0.25) is 0 Å². The average molecular weight is 362 g/mol. The summed E-state index contributed by atoms with van der Waals surface area (Å²) >= 11 is 0. The summed E-state index contributed by atoms with van der Waals surface area (Å²) in [5.41, 5.74) is 3.93. The van der Waals surface area contributed by atoms with E-state index in [2.05, 4.69) is 54.6 Å². The van der Waals surface area contributed by atoms with E-state index in [1.165, 1.54) is 5.56 Å². The van der Waals surface area contributed by atoms with Crippen LogP contribution in [0.25, 0.3) is 0 Å². The molecule has 4 rings (SSSR count). The van der Waals surface area contributed by atoms with Crippen molar-refractivity contribution in [3.8, 4) is 0 Å². The average Bonchev–Trinajstić information content (AvgIpc) is 3.21. The van der Waals surface area contributed by atoms with Crippen LogP contribution < -0.4 is 10.2 Å². The number of carbonyl (C=O) groups excluding carboxylic acids is 1. The number of benzene rings is 1. The molecule has 0 saturated carbocycles. The zero-order valence-corrected chi connectivity index (χ0v) is 15.2. The van der Waals surface area contributed by atoms with Gasteiger partial charge in [0.15, 0.2) is 11.5 Å². The normalized spacial score (nSPS) is 16.0. The van der Waals surface area contributed by atoms with Gasteiger partial charge in [0, 0.05) is 19.5 Å². The number of amides is 1. The van der Waals surface area contributed by atoms with E-state index in [0.717, 1.165) is 36.6 Å². The molecule has 0 spiro atoms. The van der Waals surface area contributed by atoms with Crippen LogP contribution in [0.4, 0.5) is 5.82 Å². The van der Waals surface area contributed by atoms with Crippen LogP contribution in [0.3, 0.4) is 0 Å². The molecule has 2 aromatic heterocycles. The molecule has 0 radical (unpaired) electrons. The Morgan fingerprint density at radius 2 is 2.07 bits per heavy atom. The van der Waals surface area contributed by atoms with Gasteiger partial charge >= 0.3 is 0 Å². The molecule has 2 N–H and O–H groups in total. The Hall–Kier alpha value is -3.22. The summed E-state index contributed by atoms with van der Waals surface area (Å²) in [6, 6.07) is 14.1. The number of H-pyrrole nitrogens is 1. The van der Waals surface area contributed by atoms with E-state index in [4.69, 9.17) is 0 Å². The number of nitrogens with zero attached hydrogens (tertiary/aromatic N) is 4. The van der Waals surface area contributed by atoms with Crippen LogP contribution in [0.5, 0.6) is 0 Å². The third kappa shape index (κ3) is 3.67. The zero-order chi connectivity index (χ0) is 18.6. The lowest BCUT2D eigenvalue weighted by Crippen LogP contribution is -2.35. The molecule has 0 aliphatic carbocycles. The van der Waals surface area contributed by atoms with E-state index in [1.54, 1.807) is 19.4 Å². The monoisotopic (exact) mass is 362 g/mol. The van der Waals surface area contributed by atoms with Crippen molar-refractivity contribution in [2.75, 3.05) is 18.5 Å². The highest BCUT2D eigenvalue weighted by Crippen LogP contribution is 2.31. The maximum Gasteiger partial charge on any atom is 0.271 e. The van der Waals surface area contributed by atoms with Crippen LogP contribution in [0.15, 0.2) is 48.8 Å². The lowest BCUT2D eigenvalue weighted by molar-refractivity contribution is 0.0957. The molecule has 0 bridgehead atoms. The quantitative estimate of drug-likeness (QED) is 0.727. The number of carbonyl (C=O) groups is 1. The first-order valence-corrected chi connectivity index (χ1v) is 9.11. The van der Waals surface area contributed by atoms with Crippen molar-refractivity contribution in [1.29, 1.82) is 0 Å². The third-order valence-electron chi connectivity index (χ3n) is 4.99. The maximum atomic E-state index is 11.7. The minimum atomic E-state index is -0.232. The van der Waals surface area contributed by atoms with Gasteiger partial charge in [0.1, 0.15) is 0 Å². The molecule has 7 heteroatoms. The third-order valence-corrected chi connectivity index (χ3v) is 4.99. The predicted molar refractivity (Wildman–Crippen MR) is 103 cm³/mol. The number of fused-ring (bicyclic) bond motifs is 1. The molecule has 1 aliphatic heterocycles. The largest absolute Gasteiger partial charge is 0.354 e. The number of anilines is 1. The van der Waals surface area contributed by atoms with Gasteiger partial charge in [0.2, 0.25) is 0 Å². The Kier molecular flexibility index (Phi) is 4.82. The molecule has 1 amide bonds. The summed E-state index contributed by atoms with van der Waals surface area (Å²) in [5.74, 6) is 0.859. The predicted octanol–water partition coefficient (Wildman–Crippen LogP) is 2.30. The first-order chi connectivity index (χ1) is 13.2. The van der Waals surface area contributed by atoms with E-state index in [1.807, 2.05) is 12.1 Å². The molecule has 1 atom stereocenters. The summed E-state index contributed by atoms with van der Waals surface area (Å²) in [6.07, 6.45) is 3.79. The van der Waals surface area contributed by atoms with Gasteiger partial charge in [-0.05, 0) is 30.5 Å². The van der Waals surface area contributed by atoms with Crippen molar-refractivity contribution in [2.45, 2.75) is 25.3 Å². The first kappa shape index (κ1) is 17.2. The Bertz CT molecular complexity index is 906. The van der Waals surface area contributed by atoms with Crippen molar-refractivity contribution < 1.29 is 4.79 Å². The lowest BCUT2D eigenvalue weighted by atomic mass is 9.92. The van der Waals surface area contributed by atoms with Gasteiger partial charge in [-0.2, -0.15) is 0 Å². The fourth-order valence-corrected chi connectivity index (χ4v) is 3.55. The van der Waals surface area contributed by atoms with Crippen molar-refractivity contribution in [3.05, 3.63) is 71.4 Å². The van der Waals surface area contributed by atoms with Gasteiger partial charge < -0.3 is 15.2 Å². The Morgan fingerprint density at radius 1 is 1.22 bits per heavy atom. The van der Waals surface area contributed by atoms with Crippen LogP contribution in [-0.4, -0.2) is 39.7 Å². The van der Waals surface area contributed by atoms with E-state index in [0.29, 0.717) is 18.2 Å². The molecule has 1 aliphatic rings. The van der Waals surface area contributed by atoms with Crippen LogP contribution in [-0.2, 0) is 13.0 Å². The summed E-state index contributed by atoms with van der Waals surface area (Å²) < 4.78 is 0. The van der Waals surface area contributed by atoms with Crippen molar-refractivity contribution in [3.63, 3.8) is 0 Å². The van der Waals surface area contributed by atoms with Gasteiger partial charge in [0.05, 0.1) is 24.3 Å². The highest BCUT2D eigenvalue weighted by Gasteiger charge is 2.28. The lowest BCUT2D eigenvalue weighted by Gasteiger charge is -2.32. The smallest absolute Gasteiger partial charge is 0.271 e. The SMILES string of the molecule is CNC(=O)c1ccc(N2Cc3[nH]cnc3C(CCc3ccccc3)C2)nn1. The number of hydrogen-bond donors (Lipinski definition) is 2. The highest BCUT2D eigenvalue weighted by molar-refractivity contribution is 5.91. The topological polar surface area (TPSA) is 86.8 Å². The number of aryl methyl sites for hydroxylation is 1. The van der Waals surface area contributed by atoms with Gasteiger partial charge in [-0.15, -0.1) is 10.2 Å². The van der Waals surface area contributed by atoms with Crippen LogP contribution in [0.1, 0.15) is 39.8 Å². The van der Waals surface area contributed by atoms with E-state index < -0.39 is 0 Å². The molecule has 138 valence electrons. The molecule has 7 nitrogen and oxygen atoms in total. The molecule has 27 heavy (non-hydrogen) atoms. The maximum absolute atomic E-state index is 11.7. The summed E-state index contributed by atoms with van der Waals surface area (Å²) in [6.45, 7) is 1.55. The van der Waals surface area contributed by atoms with E-state index in [9.17, 15) is 4.79 Å². The summed E-state index contributed by atoms with van der Waals surface area (Å²) in [7, 11) is 1.58. The molecule has 1 unspecified atom stereocenters. The summed E-state index contributed by atoms with van der Waals surface area (Å²) in [4.78, 5) is 21.7. The minimum Gasteiger partial charge on any atom is -0.354 e. The second kappa shape index (κ2) is 7.57. The van der Waals surface area contributed by atoms with Crippen LogP contribution in [0, 0.1) is 0 Å². The van der Waals surface area contributed by atoms with Crippen molar-refractivity contribution >= 4 is 11.7 Å². The fourth-order valence-electron chi connectivity index (χ4n) is 3.55. The molecule has 0 saturated heterocycles. The molecular weight excluding hydrogens is 340 g/mol. The zero-order valence-electron chi connectivity index (χ0n) is 15.2. The number of aromatic nitrogens is 4. The molecule has 1 aromatic carbocycles. The number of hydrogen-bond acceptors (Lipinski definition) is 5. The molecule has 0 fully saturated rings. The first-order valence-electron chi connectivity index (χ1n) is 9.11. The van der Waals surface area contributed by atoms with Crippen LogP contribution >= 0.6 is 0 Å². The van der Waals surface area contributed by atoms with Crippen molar-refractivity contribution in [1.82, 2.24) is 25.5 Å². The number of nitrogens with one attached hydrogen (secondary N) is 2. The van der Waals surface area contributed by atoms with Gasteiger partial charge in [0.25, 0.3) is 5.91 Å². The Labute approximate surface area is 157 Å². The standard InChI is InChI=1S/C20H22N6O/c1-21-20(27)16-9-10-18(25-24-16)26-11-15(19-17(12-26)22-13-23-19)8-7-14-5-3-2-4-6-14/h2-6,9-10,13,15H,7-8,11-12H2,1H3,(H,21,27)(H,22,23). The van der Waals surface area contributed by atoms with E-state index in [-0.39, 0.29) is 5.91 Å². The molecule has 3 heterocycles.